The molecular weight excluding hydrogens is 270 g/mol. The molecule has 3 atom stereocenters. The highest BCUT2D eigenvalue weighted by molar-refractivity contribution is 7.10. The maximum atomic E-state index is 11.8. The van der Waals surface area contributed by atoms with Gasteiger partial charge < -0.3 is 5.11 Å². The van der Waals surface area contributed by atoms with E-state index in [1.165, 1.54) is 11.3 Å². The van der Waals surface area contributed by atoms with Crippen molar-refractivity contribution in [1.82, 2.24) is 4.90 Å². The summed E-state index contributed by atoms with van der Waals surface area (Å²) in [5, 5.41) is 11.7. The minimum Gasteiger partial charge on any atom is -0.480 e. The van der Waals surface area contributed by atoms with E-state index in [1.54, 1.807) is 11.3 Å². The van der Waals surface area contributed by atoms with Crippen molar-refractivity contribution in [3.8, 4) is 0 Å². The lowest BCUT2D eigenvalue weighted by Crippen LogP contribution is -2.46. The molecule has 1 N–H and O–H groups in total. The van der Waals surface area contributed by atoms with Gasteiger partial charge in [0.25, 0.3) is 0 Å². The fourth-order valence-corrected chi connectivity index (χ4v) is 5.17. The summed E-state index contributed by atoms with van der Waals surface area (Å²) >= 11 is 1.70. The van der Waals surface area contributed by atoms with Crippen molar-refractivity contribution in [2.24, 2.45) is 11.3 Å². The fourth-order valence-electron chi connectivity index (χ4n) is 4.27. The molecule has 110 valence electrons. The Morgan fingerprint density at radius 2 is 2.20 bits per heavy atom. The standard InChI is InChI=1S/C16H23NO2S/c1-10-8-16(2,3)9-12(10)17-6-4-13-11(5-7-20-13)14(17)15(18)19/h5,7,10,12,14H,4,6,8-9H2,1-3H3,(H,18,19). The molecule has 20 heavy (non-hydrogen) atoms. The van der Waals surface area contributed by atoms with Crippen molar-refractivity contribution < 1.29 is 9.90 Å². The second kappa shape index (κ2) is 4.85. The Bertz CT molecular complexity index is 522. The van der Waals surface area contributed by atoms with Gasteiger partial charge in [0.2, 0.25) is 0 Å². The first-order chi connectivity index (χ1) is 9.39. The number of carboxylic acids is 1. The maximum absolute atomic E-state index is 11.8. The molecule has 1 aliphatic carbocycles. The van der Waals surface area contributed by atoms with E-state index in [-0.39, 0.29) is 0 Å². The van der Waals surface area contributed by atoms with Crippen molar-refractivity contribution in [3.05, 3.63) is 21.9 Å². The molecule has 1 aliphatic heterocycles. The Hall–Kier alpha value is -0.870. The zero-order valence-electron chi connectivity index (χ0n) is 12.4. The van der Waals surface area contributed by atoms with Crippen molar-refractivity contribution in [2.45, 2.75) is 52.1 Å². The van der Waals surface area contributed by atoms with E-state index in [9.17, 15) is 9.90 Å². The van der Waals surface area contributed by atoms with Gasteiger partial charge in [0.15, 0.2) is 0 Å². The average molecular weight is 293 g/mol. The monoisotopic (exact) mass is 293 g/mol. The summed E-state index contributed by atoms with van der Waals surface area (Å²) in [7, 11) is 0. The van der Waals surface area contributed by atoms with Gasteiger partial charge in [-0.05, 0) is 47.6 Å². The van der Waals surface area contributed by atoms with Crippen LogP contribution in [0.4, 0.5) is 0 Å². The molecule has 0 radical (unpaired) electrons. The molecular formula is C16H23NO2S. The smallest absolute Gasteiger partial charge is 0.325 e. The van der Waals surface area contributed by atoms with Crippen molar-refractivity contribution >= 4 is 17.3 Å². The molecule has 1 aromatic heterocycles. The first-order valence-electron chi connectivity index (χ1n) is 7.44. The minimum atomic E-state index is -0.693. The predicted octanol–water partition coefficient (Wildman–Crippen LogP) is 3.56. The molecule has 3 nitrogen and oxygen atoms in total. The van der Waals surface area contributed by atoms with Crippen LogP contribution in [0.5, 0.6) is 0 Å². The maximum Gasteiger partial charge on any atom is 0.325 e. The quantitative estimate of drug-likeness (QED) is 0.906. The Kier molecular flexibility index (Phi) is 3.41. The number of carboxylic acid groups (broad SMARTS) is 1. The van der Waals surface area contributed by atoms with Crippen molar-refractivity contribution in [2.75, 3.05) is 6.54 Å². The number of aliphatic carboxylic acids is 1. The molecule has 1 saturated carbocycles. The zero-order valence-corrected chi connectivity index (χ0v) is 13.2. The molecule has 1 aromatic rings. The van der Waals surface area contributed by atoms with Gasteiger partial charge in [-0.15, -0.1) is 11.3 Å². The summed E-state index contributed by atoms with van der Waals surface area (Å²) in [6.45, 7) is 7.77. The number of rotatable bonds is 2. The molecule has 0 amide bonds. The van der Waals surface area contributed by atoms with Crippen LogP contribution < -0.4 is 0 Å². The molecule has 3 rings (SSSR count). The van der Waals surface area contributed by atoms with Crippen LogP contribution in [0.1, 0.15) is 50.1 Å². The lowest BCUT2D eigenvalue weighted by atomic mass is 9.90. The molecule has 1 fully saturated rings. The van der Waals surface area contributed by atoms with E-state index in [0.717, 1.165) is 24.9 Å². The molecule has 4 heteroatoms. The Labute approximate surface area is 124 Å². The van der Waals surface area contributed by atoms with Crippen molar-refractivity contribution in [3.63, 3.8) is 0 Å². The molecule has 0 spiro atoms. The van der Waals surface area contributed by atoms with Crippen LogP contribution >= 0.6 is 11.3 Å². The van der Waals surface area contributed by atoms with E-state index in [2.05, 4.69) is 25.7 Å². The van der Waals surface area contributed by atoms with Crippen LogP contribution in [-0.2, 0) is 11.2 Å². The van der Waals surface area contributed by atoms with Crippen LogP contribution in [0.15, 0.2) is 11.4 Å². The first kappa shape index (κ1) is 14.1. The summed E-state index contributed by atoms with van der Waals surface area (Å²) in [6.07, 6.45) is 3.30. The molecule has 2 aliphatic rings. The topological polar surface area (TPSA) is 40.5 Å². The summed E-state index contributed by atoms with van der Waals surface area (Å²) in [6, 6.07) is 1.97. The highest BCUT2D eigenvalue weighted by Crippen LogP contribution is 2.46. The molecule has 0 saturated heterocycles. The second-order valence-electron chi connectivity index (χ2n) is 7.14. The van der Waals surface area contributed by atoms with E-state index in [1.807, 2.05) is 11.4 Å². The van der Waals surface area contributed by atoms with Gasteiger partial charge in [0.05, 0.1) is 0 Å². The number of fused-ring (bicyclic) bond motifs is 1. The van der Waals surface area contributed by atoms with E-state index in [4.69, 9.17) is 0 Å². The molecule has 2 heterocycles. The van der Waals surface area contributed by atoms with Crippen LogP contribution in [-0.4, -0.2) is 28.6 Å². The summed E-state index contributed by atoms with van der Waals surface area (Å²) in [5.74, 6) is -0.117. The zero-order chi connectivity index (χ0) is 14.5. The largest absolute Gasteiger partial charge is 0.480 e. The minimum absolute atomic E-state index is 0.335. The normalized spacial score (nSPS) is 33.0. The summed E-state index contributed by atoms with van der Waals surface area (Å²) < 4.78 is 0. The van der Waals surface area contributed by atoms with Gasteiger partial charge >= 0.3 is 5.97 Å². The first-order valence-corrected chi connectivity index (χ1v) is 8.32. The van der Waals surface area contributed by atoms with E-state index >= 15 is 0 Å². The van der Waals surface area contributed by atoms with Crippen LogP contribution in [0.25, 0.3) is 0 Å². The summed E-state index contributed by atoms with van der Waals surface area (Å²) in [4.78, 5) is 15.3. The fraction of sp³-hybridized carbons (Fsp3) is 0.688. The van der Waals surface area contributed by atoms with Gasteiger partial charge in [-0.1, -0.05) is 20.8 Å². The lowest BCUT2D eigenvalue weighted by Gasteiger charge is -2.39. The third-order valence-corrected chi connectivity index (χ3v) is 5.95. The number of nitrogens with zero attached hydrogens (tertiary/aromatic N) is 1. The van der Waals surface area contributed by atoms with E-state index < -0.39 is 12.0 Å². The Morgan fingerprint density at radius 3 is 2.80 bits per heavy atom. The molecule has 0 bridgehead atoms. The van der Waals surface area contributed by atoms with Crippen LogP contribution in [0.3, 0.4) is 0 Å². The van der Waals surface area contributed by atoms with Gasteiger partial charge in [0.1, 0.15) is 6.04 Å². The molecule has 3 unspecified atom stereocenters. The number of carbonyl (C=O) groups is 1. The average Bonchev–Trinajstić information content (AvgIpc) is 2.91. The lowest BCUT2D eigenvalue weighted by molar-refractivity contribution is -0.145. The second-order valence-corrected chi connectivity index (χ2v) is 8.15. The SMILES string of the molecule is CC1CC(C)(C)CC1N1CCc2sccc2C1C(=O)O. The van der Waals surface area contributed by atoms with Gasteiger partial charge in [0, 0.05) is 17.5 Å². The van der Waals surface area contributed by atoms with Gasteiger partial charge in [-0.25, -0.2) is 0 Å². The number of hydrogen-bond acceptors (Lipinski definition) is 3. The van der Waals surface area contributed by atoms with Crippen molar-refractivity contribution in [1.29, 1.82) is 0 Å². The summed E-state index contributed by atoms with van der Waals surface area (Å²) in [5.41, 5.74) is 1.37. The van der Waals surface area contributed by atoms with E-state index in [0.29, 0.717) is 17.4 Å². The van der Waals surface area contributed by atoms with Gasteiger partial charge in [-0.2, -0.15) is 0 Å². The highest BCUT2D eigenvalue weighted by Gasteiger charge is 2.45. The number of thiophene rings is 1. The Morgan fingerprint density at radius 1 is 1.45 bits per heavy atom. The van der Waals surface area contributed by atoms with Gasteiger partial charge in [-0.3, -0.25) is 9.69 Å². The number of hydrogen-bond donors (Lipinski definition) is 1. The third kappa shape index (κ3) is 2.29. The highest BCUT2D eigenvalue weighted by atomic mass is 32.1. The van der Waals surface area contributed by atoms with Crippen LogP contribution in [0.2, 0.25) is 0 Å². The third-order valence-electron chi connectivity index (χ3n) is 4.96. The predicted molar refractivity (Wildman–Crippen MR) is 81.1 cm³/mol. The molecule has 0 aromatic carbocycles. The Balaban J connectivity index is 1.92. The van der Waals surface area contributed by atoms with Crippen LogP contribution in [0, 0.1) is 11.3 Å².